The van der Waals surface area contributed by atoms with Gasteiger partial charge in [-0.1, -0.05) is 29.8 Å². The van der Waals surface area contributed by atoms with Crippen molar-refractivity contribution in [2.75, 3.05) is 6.61 Å². The van der Waals surface area contributed by atoms with Gasteiger partial charge in [-0.15, -0.1) is 23.1 Å². The van der Waals surface area contributed by atoms with Crippen LogP contribution in [0.2, 0.25) is 5.02 Å². The van der Waals surface area contributed by atoms with Gasteiger partial charge in [-0.25, -0.2) is 9.37 Å². The van der Waals surface area contributed by atoms with Crippen LogP contribution in [0.15, 0.2) is 65.6 Å². The predicted molar refractivity (Wildman–Crippen MR) is 146 cm³/mol. The highest BCUT2D eigenvalue weighted by atomic mass is 35.5. The lowest BCUT2D eigenvalue weighted by atomic mass is 10.1. The van der Waals surface area contributed by atoms with Crippen molar-refractivity contribution >= 4 is 40.7 Å². The van der Waals surface area contributed by atoms with E-state index in [4.69, 9.17) is 21.4 Å². The molecule has 11 heteroatoms. The van der Waals surface area contributed by atoms with E-state index in [1.165, 1.54) is 47.4 Å². The monoisotopic (exact) mass is 596 g/mol. The van der Waals surface area contributed by atoms with Crippen LogP contribution in [0.5, 0.6) is 5.75 Å². The first-order valence-electron chi connectivity index (χ1n) is 11.6. The van der Waals surface area contributed by atoms with E-state index < -0.39 is 23.5 Å². The lowest BCUT2D eigenvalue weighted by molar-refractivity contribution is -0.139. The molecule has 0 saturated heterocycles. The van der Waals surface area contributed by atoms with Crippen molar-refractivity contribution in [2.24, 2.45) is 0 Å². The molecule has 204 valence electrons. The molecule has 39 heavy (non-hydrogen) atoms. The molecule has 1 heterocycles. The Hall–Kier alpha value is -3.08. The Labute approximate surface area is 235 Å². The molecule has 4 nitrogen and oxygen atoms in total. The zero-order valence-electron chi connectivity index (χ0n) is 20.7. The number of hydrogen-bond donors (Lipinski definition) is 0. The van der Waals surface area contributed by atoms with Crippen LogP contribution in [0, 0.1) is 19.7 Å². The number of aryl methyl sites for hydroxylation is 2. The number of thioether (sulfide) groups is 1. The molecule has 0 aliphatic rings. The van der Waals surface area contributed by atoms with Gasteiger partial charge in [0.2, 0.25) is 6.61 Å². The van der Waals surface area contributed by atoms with Gasteiger partial charge in [0.15, 0.2) is 0 Å². The Morgan fingerprint density at radius 3 is 2.46 bits per heavy atom. The summed E-state index contributed by atoms with van der Waals surface area (Å²) in [7, 11) is 0. The fraction of sp³-hybridized carbons (Fsp3) is 0.214. The number of carbonyl (C=O) groups is 1. The molecule has 0 fully saturated rings. The summed E-state index contributed by atoms with van der Waals surface area (Å²) in [6, 6.07) is 14.7. The summed E-state index contributed by atoms with van der Waals surface area (Å²) >= 11 is 9.16. The van der Waals surface area contributed by atoms with E-state index in [1.807, 2.05) is 26.0 Å². The summed E-state index contributed by atoms with van der Waals surface area (Å²) in [6.45, 7) is 3.28. The minimum Gasteiger partial charge on any atom is -0.562 e. The van der Waals surface area contributed by atoms with Crippen LogP contribution < -0.4 is 4.74 Å². The Kier molecular flexibility index (Phi) is 8.88. The fourth-order valence-corrected chi connectivity index (χ4v) is 6.73. The standard InChI is InChI=1S/C28H22ClF4NO3S2/c1-15-12-19(10-11-23(15)37-14-25(35)36)38-24(13-20-21(29)4-3-5-22(20)30)26-16(2)34-27(39-26)17-6-8-18(9-7-17)28(31,32)33/h3-12,24H,13-14H2,1-2H3,(H,35,36)/p+1. The molecule has 0 amide bonds. The zero-order valence-corrected chi connectivity index (χ0v) is 23.1. The van der Waals surface area contributed by atoms with Crippen molar-refractivity contribution in [3.05, 3.63) is 98.8 Å². The third kappa shape index (κ3) is 7.12. The number of nitrogens with zero attached hydrogens (tertiary/aromatic N) is 1. The molecule has 4 rings (SSSR count). The van der Waals surface area contributed by atoms with Crippen LogP contribution in [0.1, 0.15) is 32.5 Å². The van der Waals surface area contributed by atoms with Gasteiger partial charge in [-0.3, -0.25) is 0 Å². The molecular weight excluding hydrogens is 574 g/mol. The highest BCUT2D eigenvalue weighted by Crippen LogP contribution is 2.45. The second-order valence-electron chi connectivity index (χ2n) is 8.69. The van der Waals surface area contributed by atoms with E-state index in [0.717, 1.165) is 27.5 Å². The molecule has 4 aromatic rings. The van der Waals surface area contributed by atoms with E-state index >= 15 is 0 Å². The minimum absolute atomic E-state index is 0.246. The van der Waals surface area contributed by atoms with Crippen LogP contribution >= 0.6 is 34.7 Å². The largest absolute Gasteiger partial charge is 0.562 e. The van der Waals surface area contributed by atoms with Crippen LogP contribution in [0.25, 0.3) is 10.6 Å². The molecule has 3 aromatic carbocycles. The number of benzene rings is 3. The number of hydrogen-bond acceptors (Lipinski definition) is 5. The SMILES string of the molecule is Cc1cc(SC(Cc2c(F)cccc2Cl)c2sc(-c3ccc(C(F)(F)F)cc3)nc2C)ccc1OCC(=O)[OH2+]. The van der Waals surface area contributed by atoms with Gasteiger partial charge in [0.1, 0.15) is 16.6 Å². The van der Waals surface area contributed by atoms with Crippen molar-refractivity contribution in [1.29, 1.82) is 0 Å². The maximum absolute atomic E-state index is 14.8. The molecule has 0 saturated carbocycles. The smallest absolute Gasteiger partial charge is 0.553 e. The summed E-state index contributed by atoms with van der Waals surface area (Å²) in [6.07, 6.45) is -4.19. The summed E-state index contributed by atoms with van der Waals surface area (Å²) in [4.78, 5) is 17.3. The van der Waals surface area contributed by atoms with E-state index in [-0.39, 0.29) is 18.3 Å². The lowest BCUT2D eigenvalue weighted by Crippen LogP contribution is -2.10. The summed E-state index contributed by atoms with van der Waals surface area (Å²) in [5, 5.41) is 7.56. The number of alkyl halides is 3. The van der Waals surface area contributed by atoms with E-state index in [0.29, 0.717) is 32.6 Å². The van der Waals surface area contributed by atoms with Crippen LogP contribution in [-0.2, 0) is 17.4 Å². The number of ether oxygens (including phenoxy) is 1. The molecule has 0 bridgehead atoms. The molecule has 0 spiro atoms. The third-order valence-electron chi connectivity index (χ3n) is 5.82. The second kappa shape index (κ2) is 12.0. The number of carbonyl (C=O) groups excluding carboxylic acids is 1. The van der Waals surface area contributed by atoms with Crippen molar-refractivity contribution in [1.82, 2.24) is 4.98 Å². The van der Waals surface area contributed by atoms with Gasteiger partial charge < -0.3 is 9.84 Å². The Morgan fingerprint density at radius 2 is 1.85 bits per heavy atom. The molecule has 1 aromatic heterocycles. The van der Waals surface area contributed by atoms with E-state index in [2.05, 4.69) is 4.98 Å². The van der Waals surface area contributed by atoms with Gasteiger partial charge >= 0.3 is 12.1 Å². The molecule has 2 N–H and O–H groups in total. The van der Waals surface area contributed by atoms with Crippen molar-refractivity contribution in [2.45, 2.75) is 36.6 Å². The average molecular weight is 597 g/mol. The maximum atomic E-state index is 14.8. The Morgan fingerprint density at radius 1 is 1.13 bits per heavy atom. The molecule has 0 radical (unpaired) electrons. The molecule has 1 unspecified atom stereocenters. The quantitative estimate of drug-likeness (QED) is 0.112. The van der Waals surface area contributed by atoms with Gasteiger partial charge in [-0.2, -0.15) is 13.2 Å². The number of thiazole rings is 1. The Balaban J connectivity index is 1.69. The van der Waals surface area contributed by atoms with Crippen LogP contribution in [0.4, 0.5) is 17.6 Å². The van der Waals surface area contributed by atoms with Gasteiger partial charge in [0, 0.05) is 36.0 Å². The van der Waals surface area contributed by atoms with Crippen LogP contribution in [0.3, 0.4) is 0 Å². The molecule has 0 aliphatic heterocycles. The van der Waals surface area contributed by atoms with Crippen molar-refractivity contribution in [3.8, 4) is 16.3 Å². The number of halogens is 5. The highest BCUT2D eigenvalue weighted by Gasteiger charge is 2.30. The first-order valence-corrected chi connectivity index (χ1v) is 13.7. The molecular formula is C28H23ClF4NO3S2+. The fourth-order valence-electron chi connectivity index (χ4n) is 3.90. The number of aromatic nitrogens is 1. The summed E-state index contributed by atoms with van der Waals surface area (Å²) in [5.41, 5.74) is 1.61. The minimum atomic E-state index is -4.43. The first-order chi connectivity index (χ1) is 18.4. The van der Waals surface area contributed by atoms with Gasteiger partial charge in [0.05, 0.1) is 11.3 Å². The third-order valence-corrected chi connectivity index (χ3v) is 8.86. The van der Waals surface area contributed by atoms with Crippen LogP contribution in [-0.4, -0.2) is 22.7 Å². The topological polar surface area (TPSA) is 62.1 Å². The summed E-state index contributed by atoms with van der Waals surface area (Å²) in [5.74, 6) is -0.787. The van der Waals surface area contributed by atoms with E-state index in [9.17, 15) is 22.4 Å². The highest BCUT2D eigenvalue weighted by molar-refractivity contribution is 7.99. The van der Waals surface area contributed by atoms with Crippen molar-refractivity contribution < 1.29 is 32.2 Å². The van der Waals surface area contributed by atoms with Gasteiger partial charge in [0.25, 0.3) is 0 Å². The number of rotatable bonds is 9. The molecule has 1 atom stereocenters. The average Bonchev–Trinajstić information content (AvgIpc) is 3.26. The molecule has 0 aliphatic carbocycles. The van der Waals surface area contributed by atoms with E-state index in [1.54, 1.807) is 12.1 Å². The lowest BCUT2D eigenvalue weighted by Gasteiger charge is -2.18. The second-order valence-corrected chi connectivity index (χ2v) is 11.4. The zero-order chi connectivity index (χ0) is 28.3. The predicted octanol–water partition coefficient (Wildman–Crippen LogP) is 7.94. The normalized spacial score (nSPS) is 12.4. The van der Waals surface area contributed by atoms with Crippen molar-refractivity contribution in [3.63, 3.8) is 0 Å². The first kappa shape index (κ1) is 28.9. The summed E-state index contributed by atoms with van der Waals surface area (Å²) < 4.78 is 59.2. The Bertz CT molecular complexity index is 1470. The van der Waals surface area contributed by atoms with Gasteiger partial charge in [-0.05, 0) is 68.3 Å². The maximum Gasteiger partial charge on any atom is 0.553 e.